The topological polar surface area (TPSA) is 110 Å². The molecule has 1 atom stereocenters. The lowest BCUT2D eigenvalue weighted by atomic mass is 9.98. The van der Waals surface area contributed by atoms with E-state index in [0.29, 0.717) is 18.3 Å². The van der Waals surface area contributed by atoms with Crippen molar-refractivity contribution in [3.05, 3.63) is 11.8 Å². The number of nitrogen functional groups attached to an aromatic ring is 1. The molecule has 0 saturated carbocycles. The van der Waals surface area contributed by atoms with Crippen LogP contribution in [0.4, 0.5) is 11.8 Å². The summed E-state index contributed by atoms with van der Waals surface area (Å²) in [7, 11) is 0. The quantitative estimate of drug-likeness (QED) is 0.373. The zero-order chi connectivity index (χ0) is 13.1. The average Bonchev–Trinajstić information content (AvgIpc) is 2.37. The summed E-state index contributed by atoms with van der Waals surface area (Å²) in [6, 6.07) is 1.72. The third-order valence-corrected chi connectivity index (χ3v) is 3.08. The van der Waals surface area contributed by atoms with Crippen LogP contribution in [0.3, 0.4) is 0 Å². The lowest BCUT2D eigenvalue weighted by molar-refractivity contribution is -0.125. The Morgan fingerprint density at radius 1 is 1.56 bits per heavy atom. The fraction of sp³-hybridized carbons (Fsp3) is 0.545. The number of aryl methyl sites for hydroxylation is 1. The minimum absolute atomic E-state index is 0.117. The molecule has 1 saturated heterocycles. The molecule has 2 heterocycles. The smallest absolute Gasteiger partial charge is 0.238 e. The number of rotatable bonds is 2. The molecule has 18 heavy (non-hydrogen) atoms. The van der Waals surface area contributed by atoms with Gasteiger partial charge in [-0.1, -0.05) is 0 Å². The highest BCUT2D eigenvalue weighted by atomic mass is 16.2. The van der Waals surface area contributed by atoms with Crippen molar-refractivity contribution >= 4 is 17.7 Å². The van der Waals surface area contributed by atoms with Gasteiger partial charge in [-0.15, -0.1) is 0 Å². The van der Waals surface area contributed by atoms with E-state index in [1.54, 1.807) is 6.07 Å². The Labute approximate surface area is 106 Å². The van der Waals surface area contributed by atoms with Gasteiger partial charge in [0.15, 0.2) is 0 Å². The summed E-state index contributed by atoms with van der Waals surface area (Å²) in [5.74, 6) is 5.94. The maximum Gasteiger partial charge on any atom is 0.238 e. The third kappa shape index (κ3) is 2.67. The Balaban J connectivity index is 2.15. The van der Waals surface area contributed by atoms with Gasteiger partial charge in [-0.25, -0.2) is 10.8 Å². The van der Waals surface area contributed by atoms with Crippen LogP contribution >= 0.6 is 0 Å². The molecule has 98 valence electrons. The highest BCUT2D eigenvalue weighted by Crippen LogP contribution is 2.21. The van der Waals surface area contributed by atoms with Gasteiger partial charge >= 0.3 is 0 Å². The predicted molar refractivity (Wildman–Crippen MR) is 68.4 cm³/mol. The first-order valence-electron chi connectivity index (χ1n) is 5.96. The molecule has 0 unspecified atom stereocenters. The van der Waals surface area contributed by atoms with Gasteiger partial charge in [0.05, 0.1) is 5.92 Å². The number of aromatic nitrogens is 2. The van der Waals surface area contributed by atoms with Crippen LogP contribution in [-0.4, -0.2) is 29.0 Å². The Bertz CT molecular complexity index is 429. The summed E-state index contributed by atoms with van der Waals surface area (Å²) in [5.41, 5.74) is 8.73. The van der Waals surface area contributed by atoms with Crippen molar-refractivity contribution in [1.82, 2.24) is 15.4 Å². The van der Waals surface area contributed by atoms with E-state index in [4.69, 9.17) is 11.6 Å². The number of piperidine rings is 1. The Morgan fingerprint density at radius 3 is 3.00 bits per heavy atom. The molecular formula is C11H18N6O. The van der Waals surface area contributed by atoms with Crippen LogP contribution in [0.5, 0.6) is 0 Å². The molecule has 0 radical (unpaired) electrons. The summed E-state index contributed by atoms with van der Waals surface area (Å²) in [4.78, 5) is 22.1. The number of hydrogen-bond acceptors (Lipinski definition) is 6. The molecular weight excluding hydrogens is 232 g/mol. The molecule has 0 aliphatic carbocycles. The second-order valence-electron chi connectivity index (χ2n) is 4.53. The molecule has 7 heteroatoms. The number of anilines is 2. The highest BCUT2D eigenvalue weighted by Gasteiger charge is 2.26. The first-order chi connectivity index (χ1) is 8.60. The summed E-state index contributed by atoms with van der Waals surface area (Å²) in [6.07, 6.45) is 1.75. The third-order valence-electron chi connectivity index (χ3n) is 3.08. The number of nitrogens with one attached hydrogen (secondary N) is 1. The SMILES string of the molecule is Cc1cc(N)nc(N2CCC[C@@H](C(=O)NN)C2)n1. The van der Waals surface area contributed by atoms with Crippen LogP contribution in [0.2, 0.25) is 0 Å². The van der Waals surface area contributed by atoms with E-state index in [-0.39, 0.29) is 11.8 Å². The normalized spacial score (nSPS) is 19.7. The monoisotopic (exact) mass is 250 g/mol. The lowest BCUT2D eigenvalue weighted by Gasteiger charge is -2.31. The molecule has 1 aliphatic heterocycles. The highest BCUT2D eigenvalue weighted by molar-refractivity contribution is 5.78. The standard InChI is InChI=1S/C11H18N6O/c1-7-5-9(12)15-11(14-7)17-4-2-3-8(6-17)10(18)16-13/h5,8H,2-4,6,13H2,1H3,(H,16,18)(H2,12,14,15)/t8-/m1/s1. The molecule has 1 fully saturated rings. The van der Waals surface area contributed by atoms with Crippen molar-refractivity contribution in [3.8, 4) is 0 Å². The summed E-state index contributed by atoms with van der Waals surface area (Å²) >= 11 is 0. The van der Waals surface area contributed by atoms with Crippen LogP contribution in [0.15, 0.2) is 6.07 Å². The summed E-state index contributed by atoms with van der Waals surface area (Å²) < 4.78 is 0. The van der Waals surface area contributed by atoms with E-state index in [9.17, 15) is 4.79 Å². The number of carbonyl (C=O) groups excluding carboxylic acids is 1. The number of hydrazine groups is 1. The van der Waals surface area contributed by atoms with Gasteiger partial charge in [-0.2, -0.15) is 4.98 Å². The Morgan fingerprint density at radius 2 is 2.33 bits per heavy atom. The van der Waals surface area contributed by atoms with Crippen LogP contribution in [0.25, 0.3) is 0 Å². The number of hydrogen-bond donors (Lipinski definition) is 3. The fourth-order valence-electron chi connectivity index (χ4n) is 2.21. The lowest BCUT2D eigenvalue weighted by Crippen LogP contribution is -2.45. The van der Waals surface area contributed by atoms with Gasteiger partial charge < -0.3 is 10.6 Å². The molecule has 1 aromatic heterocycles. The average molecular weight is 250 g/mol. The molecule has 0 aromatic carbocycles. The van der Waals surface area contributed by atoms with Gasteiger partial charge in [0, 0.05) is 24.8 Å². The molecule has 1 amide bonds. The second kappa shape index (κ2) is 5.18. The van der Waals surface area contributed by atoms with E-state index in [1.807, 2.05) is 11.8 Å². The predicted octanol–water partition coefficient (Wildman–Crippen LogP) is -0.426. The van der Waals surface area contributed by atoms with E-state index in [1.165, 1.54) is 0 Å². The van der Waals surface area contributed by atoms with Gasteiger partial charge in [0.2, 0.25) is 11.9 Å². The van der Waals surface area contributed by atoms with Crippen molar-refractivity contribution in [1.29, 1.82) is 0 Å². The minimum atomic E-state index is -0.139. The van der Waals surface area contributed by atoms with E-state index in [0.717, 1.165) is 25.1 Å². The van der Waals surface area contributed by atoms with Gasteiger partial charge in [0.1, 0.15) is 5.82 Å². The fourth-order valence-corrected chi connectivity index (χ4v) is 2.21. The molecule has 0 bridgehead atoms. The number of nitrogens with two attached hydrogens (primary N) is 2. The molecule has 1 aromatic rings. The Hall–Kier alpha value is -1.89. The molecule has 7 nitrogen and oxygen atoms in total. The van der Waals surface area contributed by atoms with Gasteiger partial charge in [-0.3, -0.25) is 10.2 Å². The van der Waals surface area contributed by atoms with E-state index >= 15 is 0 Å². The number of carbonyl (C=O) groups is 1. The van der Waals surface area contributed by atoms with Crippen molar-refractivity contribution in [2.75, 3.05) is 23.7 Å². The van der Waals surface area contributed by atoms with Crippen molar-refractivity contribution in [3.63, 3.8) is 0 Å². The number of amides is 1. The van der Waals surface area contributed by atoms with Crippen LogP contribution in [0, 0.1) is 12.8 Å². The molecule has 0 spiro atoms. The maximum absolute atomic E-state index is 11.5. The van der Waals surface area contributed by atoms with E-state index in [2.05, 4.69) is 15.4 Å². The van der Waals surface area contributed by atoms with E-state index < -0.39 is 0 Å². The van der Waals surface area contributed by atoms with Crippen molar-refractivity contribution in [2.45, 2.75) is 19.8 Å². The Kier molecular flexibility index (Phi) is 3.61. The van der Waals surface area contributed by atoms with Crippen molar-refractivity contribution < 1.29 is 4.79 Å². The van der Waals surface area contributed by atoms with Crippen LogP contribution in [-0.2, 0) is 4.79 Å². The van der Waals surface area contributed by atoms with Crippen LogP contribution in [0.1, 0.15) is 18.5 Å². The first kappa shape index (κ1) is 12.6. The molecule has 5 N–H and O–H groups in total. The molecule has 1 aliphatic rings. The van der Waals surface area contributed by atoms with Crippen molar-refractivity contribution in [2.24, 2.45) is 11.8 Å². The zero-order valence-electron chi connectivity index (χ0n) is 10.4. The number of nitrogens with zero attached hydrogens (tertiary/aromatic N) is 3. The zero-order valence-corrected chi connectivity index (χ0v) is 10.4. The van der Waals surface area contributed by atoms with Gasteiger partial charge in [0.25, 0.3) is 0 Å². The van der Waals surface area contributed by atoms with Crippen LogP contribution < -0.4 is 21.9 Å². The largest absolute Gasteiger partial charge is 0.384 e. The second-order valence-corrected chi connectivity index (χ2v) is 4.53. The summed E-state index contributed by atoms with van der Waals surface area (Å²) in [6.45, 7) is 3.28. The van der Waals surface area contributed by atoms with Gasteiger partial charge in [-0.05, 0) is 19.8 Å². The maximum atomic E-state index is 11.5. The summed E-state index contributed by atoms with van der Waals surface area (Å²) in [5, 5.41) is 0. The minimum Gasteiger partial charge on any atom is -0.384 e. The molecule has 2 rings (SSSR count). The first-order valence-corrected chi connectivity index (χ1v) is 5.96.